The second-order valence-electron chi connectivity index (χ2n) is 7.75. The summed E-state index contributed by atoms with van der Waals surface area (Å²) in [5.41, 5.74) is -0.0633. The summed E-state index contributed by atoms with van der Waals surface area (Å²) >= 11 is 0. The fraction of sp³-hybridized carbons (Fsp3) is 0.684. The highest BCUT2D eigenvalue weighted by atomic mass is 16.7. The van der Waals surface area contributed by atoms with E-state index < -0.39 is 11.2 Å². The SMILES string of the molecule is CN(C)CCOc1ccc(NC(=O)C2(C)COC3(CCCC3)OC2)cn1. The molecular formula is C19H29N3O4. The molecule has 1 aliphatic carbocycles. The lowest BCUT2D eigenvalue weighted by atomic mass is 9.90. The molecule has 1 aromatic rings. The molecule has 3 rings (SSSR count). The third-order valence-electron chi connectivity index (χ3n) is 5.00. The van der Waals surface area contributed by atoms with Gasteiger partial charge in [0.05, 0.1) is 30.5 Å². The Bertz CT molecular complexity index is 602. The number of amides is 1. The first-order chi connectivity index (χ1) is 12.4. The summed E-state index contributed by atoms with van der Waals surface area (Å²) in [7, 11) is 3.98. The first kappa shape index (κ1) is 19.1. The summed E-state index contributed by atoms with van der Waals surface area (Å²) in [5, 5.41) is 2.91. The van der Waals surface area contributed by atoms with Crippen molar-refractivity contribution in [3.8, 4) is 5.88 Å². The molecule has 0 atom stereocenters. The molecule has 0 unspecified atom stereocenters. The Morgan fingerprint density at radius 1 is 1.27 bits per heavy atom. The summed E-state index contributed by atoms with van der Waals surface area (Å²) < 4.78 is 17.5. The van der Waals surface area contributed by atoms with Gasteiger partial charge in [-0.3, -0.25) is 4.79 Å². The number of aromatic nitrogens is 1. The molecule has 1 aromatic heterocycles. The van der Waals surface area contributed by atoms with E-state index in [-0.39, 0.29) is 5.91 Å². The van der Waals surface area contributed by atoms with Gasteiger partial charge in [-0.05, 0) is 39.9 Å². The maximum absolute atomic E-state index is 12.7. The number of hydrogen-bond acceptors (Lipinski definition) is 6. The van der Waals surface area contributed by atoms with Crippen molar-refractivity contribution in [3.63, 3.8) is 0 Å². The molecule has 1 aliphatic heterocycles. The minimum atomic E-state index is -0.700. The van der Waals surface area contributed by atoms with E-state index >= 15 is 0 Å². The third kappa shape index (κ3) is 4.52. The Kier molecular flexibility index (Phi) is 5.79. The first-order valence-corrected chi connectivity index (χ1v) is 9.24. The van der Waals surface area contributed by atoms with Crippen LogP contribution in [0.5, 0.6) is 5.88 Å². The molecule has 0 radical (unpaired) electrons. The zero-order valence-corrected chi connectivity index (χ0v) is 15.9. The number of likely N-dealkylation sites (N-methyl/N-ethyl adjacent to an activating group) is 1. The predicted octanol–water partition coefficient (Wildman–Crippen LogP) is 2.28. The Morgan fingerprint density at radius 3 is 2.54 bits per heavy atom. The van der Waals surface area contributed by atoms with E-state index in [1.165, 1.54) is 0 Å². The van der Waals surface area contributed by atoms with E-state index in [0.717, 1.165) is 32.2 Å². The lowest BCUT2D eigenvalue weighted by Gasteiger charge is -2.42. The van der Waals surface area contributed by atoms with Crippen molar-refractivity contribution < 1.29 is 19.0 Å². The summed E-state index contributed by atoms with van der Waals surface area (Å²) in [6, 6.07) is 3.55. The summed E-state index contributed by atoms with van der Waals surface area (Å²) in [5.74, 6) is -0.0237. The highest BCUT2D eigenvalue weighted by Crippen LogP contribution is 2.40. The predicted molar refractivity (Wildman–Crippen MR) is 98.1 cm³/mol. The number of carbonyl (C=O) groups excluding carboxylic acids is 1. The molecule has 1 spiro atoms. The molecule has 0 bridgehead atoms. The lowest BCUT2D eigenvalue weighted by Crippen LogP contribution is -2.52. The zero-order chi connectivity index (χ0) is 18.6. The molecular weight excluding hydrogens is 334 g/mol. The fourth-order valence-electron chi connectivity index (χ4n) is 3.15. The van der Waals surface area contributed by atoms with E-state index in [1.807, 2.05) is 25.9 Å². The van der Waals surface area contributed by atoms with Gasteiger partial charge in [0.25, 0.3) is 0 Å². The van der Waals surface area contributed by atoms with Gasteiger partial charge < -0.3 is 24.4 Å². The van der Waals surface area contributed by atoms with Crippen molar-refractivity contribution in [3.05, 3.63) is 18.3 Å². The second kappa shape index (κ2) is 7.90. The van der Waals surface area contributed by atoms with Gasteiger partial charge >= 0.3 is 0 Å². The van der Waals surface area contributed by atoms with Gasteiger partial charge in [-0.25, -0.2) is 4.98 Å². The summed E-state index contributed by atoms with van der Waals surface area (Å²) in [4.78, 5) is 19.0. The van der Waals surface area contributed by atoms with Gasteiger partial charge in [-0.2, -0.15) is 0 Å². The molecule has 1 saturated carbocycles. The van der Waals surface area contributed by atoms with Crippen LogP contribution in [0.25, 0.3) is 0 Å². The van der Waals surface area contributed by atoms with Crippen LogP contribution in [0.4, 0.5) is 5.69 Å². The molecule has 7 heteroatoms. The smallest absolute Gasteiger partial charge is 0.235 e. The topological polar surface area (TPSA) is 72.9 Å². The number of carbonyl (C=O) groups is 1. The molecule has 144 valence electrons. The zero-order valence-electron chi connectivity index (χ0n) is 15.9. The average molecular weight is 363 g/mol. The van der Waals surface area contributed by atoms with E-state index in [1.54, 1.807) is 18.3 Å². The largest absolute Gasteiger partial charge is 0.476 e. The number of nitrogens with zero attached hydrogens (tertiary/aromatic N) is 2. The van der Waals surface area contributed by atoms with E-state index in [9.17, 15) is 4.79 Å². The summed E-state index contributed by atoms with van der Waals surface area (Å²) in [6.07, 6.45) is 5.69. The van der Waals surface area contributed by atoms with Gasteiger partial charge in [0.15, 0.2) is 5.79 Å². The van der Waals surface area contributed by atoms with Crippen LogP contribution in [0, 0.1) is 5.41 Å². The molecule has 7 nitrogen and oxygen atoms in total. The van der Waals surface area contributed by atoms with Crippen LogP contribution in [0.15, 0.2) is 18.3 Å². The monoisotopic (exact) mass is 363 g/mol. The fourth-order valence-corrected chi connectivity index (χ4v) is 3.15. The highest BCUT2D eigenvalue weighted by molar-refractivity contribution is 5.95. The highest BCUT2D eigenvalue weighted by Gasteiger charge is 2.47. The van der Waals surface area contributed by atoms with Crippen molar-refractivity contribution in [1.82, 2.24) is 9.88 Å². The van der Waals surface area contributed by atoms with Crippen molar-refractivity contribution in [2.24, 2.45) is 5.41 Å². The Balaban J connectivity index is 1.51. The van der Waals surface area contributed by atoms with Crippen molar-refractivity contribution in [2.45, 2.75) is 38.4 Å². The van der Waals surface area contributed by atoms with Crippen LogP contribution in [-0.2, 0) is 14.3 Å². The molecule has 0 aromatic carbocycles. The Hall–Kier alpha value is -1.70. The van der Waals surface area contributed by atoms with Gasteiger partial charge in [0.2, 0.25) is 11.8 Å². The minimum absolute atomic E-state index is 0.117. The number of hydrogen-bond donors (Lipinski definition) is 1. The maximum Gasteiger partial charge on any atom is 0.235 e. The Morgan fingerprint density at radius 2 is 1.96 bits per heavy atom. The third-order valence-corrected chi connectivity index (χ3v) is 5.00. The summed E-state index contributed by atoms with van der Waals surface area (Å²) in [6.45, 7) is 4.01. The van der Waals surface area contributed by atoms with Crippen molar-refractivity contribution in [1.29, 1.82) is 0 Å². The molecule has 1 N–H and O–H groups in total. The maximum atomic E-state index is 12.7. The van der Waals surface area contributed by atoms with Crippen LogP contribution in [-0.4, -0.2) is 62.0 Å². The molecule has 1 amide bonds. The van der Waals surface area contributed by atoms with Crippen molar-refractivity contribution >= 4 is 11.6 Å². The average Bonchev–Trinajstić information content (AvgIpc) is 3.08. The second-order valence-corrected chi connectivity index (χ2v) is 7.75. The van der Waals surface area contributed by atoms with Crippen LogP contribution in [0.3, 0.4) is 0 Å². The number of anilines is 1. The molecule has 2 heterocycles. The number of nitrogens with one attached hydrogen (secondary N) is 1. The van der Waals surface area contributed by atoms with Crippen LogP contribution in [0.2, 0.25) is 0 Å². The minimum Gasteiger partial charge on any atom is -0.476 e. The number of rotatable bonds is 6. The number of pyridine rings is 1. The van der Waals surface area contributed by atoms with Crippen molar-refractivity contribution in [2.75, 3.05) is 45.8 Å². The normalized spacial score (nSPS) is 21.1. The van der Waals surface area contributed by atoms with E-state index in [4.69, 9.17) is 14.2 Å². The van der Waals surface area contributed by atoms with Crippen LogP contribution >= 0.6 is 0 Å². The standard InChI is InChI=1S/C19H29N3O4/c1-18(13-25-19(26-14-18)8-4-5-9-19)17(23)21-15-6-7-16(20-12-15)24-11-10-22(2)3/h6-7,12H,4-5,8-11,13-14H2,1-3H3,(H,21,23). The molecule has 26 heavy (non-hydrogen) atoms. The first-order valence-electron chi connectivity index (χ1n) is 9.24. The number of ether oxygens (including phenoxy) is 3. The van der Waals surface area contributed by atoms with Gasteiger partial charge in [0, 0.05) is 25.5 Å². The van der Waals surface area contributed by atoms with Gasteiger partial charge in [-0.1, -0.05) is 0 Å². The van der Waals surface area contributed by atoms with E-state index in [0.29, 0.717) is 31.4 Å². The molecule has 2 fully saturated rings. The molecule has 2 aliphatic rings. The van der Waals surface area contributed by atoms with E-state index in [2.05, 4.69) is 10.3 Å². The van der Waals surface area contributed by atoms with Gasteiger partial charge in [0.1, 0.15) is 6.61 Å². The molecule has 1 saturated heterocycles. The van der Waals surface area contributed by atoms with Crippen LogP contribution in [0.1, 0.15) is 32.6 Å². The lowest BCUT2D eigenvalue weighted by molar-refractivity contribution is -0.291. The quantitative estimate of drug-likeness (QED) is 0.836. The van der Waals surface area contributed by atoms with Gasteiger partial charge in [-0.15, -0.1) is 0 Å². The van der Waals surface area contributed by atoms with Crippen LogP contribution < -0.4 is 10.1 Å². The Labute approximate surface area is 155 Å².